The van der Waals surface area contributed by atoms with Crippen molar-refractivity contribution in [3.05, 3.63) is 0 Å². The van der Waals surface area contributed by atoms with Gasteiger partial charge in [0.25, 0.3) is 0 Å². The van der Waals surface area contributed by atoms with Crippen LogP contribution in [0.4, 0.5) is 4.79 Å². The van der Waals surface area contributed by atoms with Crippen molar-refractivity contribution >= 4 is 6.09 Å². The molecule has 0 aromatic rings. The zero-order chi connectivity index (χ0) is 10.4. The van der Waals surface area contributed by atoms with Crippen molar-refractivity contribution in [1.29, 1.82) is 0 Å². The molecule has 0 aromatic heterocycles. The average molecular weight is 201 g/mol. The van der Waals surface area contributed by atoms with Crippen LogP contribution >= 0.6 is 0 Å². The fourth-order valence-electron chi connectivity index (χ4n) is 2.05. The van der Waals surface area contributed by atoms with E-state index in [0.717, 1.165) is 25.7 Å². The molecule has 1 rings (SSSR count). The second-order valence-corrected chi connectivity index (χ2v) is 3.95. The van der Waals surface area contributed by atoms with Gasteiger partial charge in [-0.3, -0.25) is 0 Å². The predicted octanol–water partition coefficient (Wildman–Crippen LogP) is 1.14. The molecule has 1 saturated carbocycles. The molecule has 2 N–H and O–H groups in total. The number of aliphatic hydroxyl groups is 1. The van der Waals surface area contributed by atoms with Crippen LogP contribution in [-0.2, 0) is 4.74 Å². The van der Waals surface area contributed by atoms with Crippen LogP contribution in [0.15, 0.2) is 0 Å². The first kappa shape index (κ1) is 11.3. The summed E-state index contributed by atoms with van der Waals surface area (Å²) in [6.07, 6.45) is 4.06. The molecule has 1 aliphatic rings. The fraction of sp³-hybridized carbons (Fsp3) is 0.900. The lowest BCUT2D eigenvalue weighted by Gasteiger charge is -2.27. The van der Waals surface area contributed by atoms with Gasteiger partial charge in [0.05, 0.1) is 7.11 Å². The summed E-state index contributed by atoms with van der Waals surface area (Å²) in [6, 6.07) is 0. The number of methoxy groups -OCH3 is 1. The molecule has 0 heterocycles. The topological polar surface area (TPSA) is 58.6 Å². The lowest BCUT2D eigenvalue weighted by molar-refractivity contribution is 0.149. The van der Waals surface area contributed by atoms with Gasteiger partial charge < -0.3 is 15.2 Å². The van der Waals surface area contributed by atoms with Crippen LogP contribution in [0, 0.1) is 11.8 Å². The maximum atomic E-state index is 10.8. The summed E-state index contributed by atoms with van der Waals surface area (Å²) in [6.45, 7) is 0.942. The highest BCUT2D eigenvalue weighted by Crippen LogP contribution is 2.27. The molecule has 0 aromatic carbocycles. The highest BCUT2D eigenvalue weighted by Gasteiger charge is 2.21. The summed E-state index contributed by atoms with van der Waals surface area (Å²) in [5, 5.41) is 11.7. The first-order valence-corrected chi connectivity index (χ1v) is 5.19. The second kappa shape index (κ2) is 5.86. The Bertz CT molecular complexity index is 184. The van der Waals surface area contributed by atoms with Crippen molar-refractivity contribution in [2.24, 2.45) is 11.8 Å². The van der Waals surface area contributed by atoms with Gasteiger partial charge in [0.15, 0.2) is 0 Å². The van der Waals surface area contributed by atoms with Gasteiger partial charge in [0.2, 0.25) is 0 Å². The molecule has 0 bridgehead atoms. The first-order chi connectivity index (χ1) is 6.76. The lowest BCUT2D eigenvalue weighted by atomic mass is 9.82. The highest BCUT2D eigenvalue weighted by molar-refractivity contribution is 5.66. The molecule has 0 radical (unpaired) electrons. The Labute approximate surface area is 84.6 Å². The quantitative estimate of drug-likeness (QED) is 0.720. The second-order valence-electron chi connectivity index (χ2n) is 3.95. The number of hydrogen-bond acceptors (Lipinski definition) is 3. The number of aliphatic hydroxyl groups excluding tert-OH is 1. The molecule has 0 spiro atoms. The SMILES string of the molecule is COC(=O)NCC1CCCC(CO)C1. The summed E-state index contributed by atoms with van der Waals surface area (Å²) >= 11 is 0. The molecule has 14 heavy (non-hydrogen) atoms. The molecule has 0 saturated heterocycles. The van der Waals surface area contributed by atoms with Crippen LogP contribution in [0.5, 0.6) is 0 Å². The van der Waals surface area contributed by atoms with Crippen LogP contribution in [0.25, 0.3) is 0 Å². The van der Waals surface area contributed by atoms with Crippen molar-refractivity contribution in [2.45, 2.75) is 25.7 Å². The van der Waals surface area contributed by atoms with Crippen molar-refractivity contribution in [2.75, 3.05) is 20.3 Å². The third-order valence-electron chi connectivity index (χ3n) is 2.87. The van der Waals surface area contributed by atoms with Gasteiger partial charge in [-0.1, -0.05) is 6.42 Å². The molecular weight excluding hydrogens is 182 g/mol. The molecule has 2 atom stereocenters. The number of carbonyl (C=O) groups excluding carboxylic acids is 1. The predicted molar refractivity (Wildman–Crippen MR) is 52.9 cm³/mol. The van der Waals surface area contributed by atoms with Gasteiger partial charge >= 0.3 is 6.09 Å². The van der Waals surface area contributed by atoms with Gasteiger partial charge in [-0.2, -0.15) is 0 Å². The van der Waals surface area contributed by atoms with E-state index in [9.17, 15) is 4.79 Å². The monoisotopic (exact) mass is 201 g/mol. The number of amides is 1. The Morgan fingerprint density at radius 2 is 2.21 bits per heavy atom. The van der Waals surface area contributed by atoms with Crippen molar-refractivity contribution < 1.29 is 14.6 Å². The highest BCUT2D eigenvalue weighted by atomic mass is 16.5. The molecule has 0 aliphatic heterocycles. The molecule has 4 heteroatoms. The van der Waals surface area contributed by atoms with Gasteiger partial charge in [0, 0.05) is 13.2 Å². The van der Waals surface area contributed by atoms with Crippen LogP contribution in [0.2, 0.25) is 0 Å². The Morgan fingerprint density at radius 1 is 1.50 bits per heavy atom. The average Bonchev–Trinajstić information content (AvgIpc) is 2.26. The number of alkyl carbamates (subject to hydrolysis) is 1. The van der Waals surface area contributed by atoms with E-state index in [1.165, 1.54) is 7.11 Å². The van der Waals surface area contributed by atoms with E-state index in [1.54, 1.807) is 0 Å². The minimum absolute atomic E-state index is 0.273. The van der Waals surface area contributed by atoms with Crippen molar-refractivity contribution in [3.8, 4) is 0 Å². The molecular formula is C10H19NO3. The van der Waals surface area contributed by atoms with Gasteiger partial charge in [-0.15, -0.1) is 0 Å². The first-order valence-electron chi connectivity index (χ1n) is 5.19. The molecule has 82 valence electrons. The van der Waals surface area contributed by atoms with E-state index in [2.05, 4.69) is 10.1 Å². The summed E-state index contributed by atoms with van der Waals surface area (Å²) in [5.41, 5.74) is 0. The van der Waals surface area contributed by atoms with Gasteiger partial charge in [-0.25, -0.2) is 4.79 Å². The van der Waals surface area contributed by atoms with Crippen molar-refractivity contribution in [3.63, 3.8) is 0 Å². The summed E-state index contributed by atoms with van der Waals surface area (Å²) in [7, 11) is 1.37. The van der Waals surface area contributed by atoms with Crippen LogP contribution < -0.4 is 5.32 Å². The maximum absolute atomic E-state index is 10.8. The largest absolute Gasteiger partial charge is 0.453 e. The number of ether oxygens (including phenoxy) is 1. The van der Waals surface area contributed by atoms with E-state index < -0.39 is 0 Å². The van der Waals surface area contributed by atoms with Crippen LogP contribution in [0.1, 0.15) is 25.7 Å². The van der Waals surface area contributed by atoms with E-state index in [0.29, 0.717) is 18.4 Å². The fourth-order valence-corrected chi connectivity index (χ4v) is 2.05. The van der Waals surface area contributed by atoms with Gasteiger partial charge in [-0.05, 0) is 31.1 Å². The lowest BCUT2D eigenvalue weighted by Crippen LogP contribution is -2.32. The van der Waals surface area contributed by atoms with E-state index in [-0.39, 0.29) is 12.7 Å². The number of nitrogens with one attached hydrogen (secondary N) is 1. The zero-order valence-corrected chi connectivity index (χ0v) is 8.66. The third kappa shape index (κ3) is 3.54. The Morgan fingerprint density at radius 3 is 2.86 bits per heavy atom. The molecule has 1 aliphatic carbocycles. The van der Waals surface area contributed by atoms with Gasteiger partial charge in [0.1, 0.15) is 0 Å². The van der Waals surface area contributed by atoms with E-state index in [1.807, 2.05) is 0 Å². The number of carbonyl (C=O) groups is 1. The summed E-state index contributed by atoms with van der Waals surface area (Å²) in [5.74, 6) is 0.924. The Balaban J connectivity index is 2.20. The number of hydrogen-bond donors (Lipinski definition) is 2. The normalized spacial score (nSPS) is 27.0. The van der Waals surface area contributed by atoms with E-state index >= 15 is 0 Å². The molecule has 2 unspecified atom stereocenters. The molecule has 4 nitrogen and oxygen atoms in total. The molecule has 1 amide bonds. The maximum Gasteiger partial charge on any atom is 0.406 e. The number of rotatable bonds is 3. The van der Waals surface area contributed by atoms with Crippen LogP contribution in [0.3, 0.4) is 0 Å². The third-order valence-corrected chi connectivity index (χ3v) is 2.87. The summed E-state index contributed by atoms with van der Waals surface area (Å²) in [4.78, 5) is 10.8. The van der Waals surface area contributed by atoms with Crippen molar-refractivity contribution in [1.82, 2.24) is 5.32 Å². The zero-order valence-electron chi connectivity index (χ0n) is 8.66. The van der Waals surface area contributed by atoms with Crippen LogP contribution in [-0.4, -0.2) is 31.5 Å². The Kier molecular flexibility index (Phi) is 4.73. The standard InChI is InChI=1S/C10H19NO3/c1-14-10(13)11-6-8-3-2-4-9(5-8)7-12/h8-9,12H,2-7H2,1H3,(H,11,13). The Hall–Kier alpha value is -0.770. The smallest absolute Gasteiger partial charge is 0.406 e. The minimum atomic E-state index is -0.365. The summed E-state index contributed by atoms with van der Waals surface area (Å²) < 4.78 is 4.50. The van der Waals surface area contributed by atoms with E-state index in [4.69, 9.17) is 5.11 Å². The minimum Gasteiger partial charge on any atom is -0.453 e. The molecule has 1 fully saturated rings.